The van der Waals surface area contributed by atoms with E-state index in [1.165, 1.54) is 0 Å². The average molecular weight is 136 g/mol. The Labute approximate surface area is 63.5 Å². The first-order valence-corrected chi connectivity index (χ1v) is 3.10. The molecule has 1 nitrogen and oxygen atoms in total. The lowest BCUT2D eigenvalue weighted by Crippen LogP contribution is -1.84. The van der Waals surface area contributed by atoms with E-state index in [-0.39, 0.29) is 17.6 Å². The monoisotopic (exact) mass is 136 g/mol. The summed E-state index contributed by atoms with van der Waals surface area (Å²) in [4.78, 5) is 10.5. The van der Waals surface area contributed by atoms with Crippen molar-refractivity contribution >= 4 is 6.29 Å². The fourth-order valence-corrected chi connectivity index (χ4v) is 0.694. The largest absolute Gasteiger partial charge is 0.298 e. The van der Waals surface area contributed by atoms with Gasteiger partial charge in [-0.1, -0.05) is 12.1 Å². The van der Waals surface area contributed by atoms with Crippen molar-refractivity contribution in [2.24, 2.45) is 0 Å². The molecule has 0 saturated heterocycles. The summed E-state index contributed by atoms with van der Waals surface area (Å²) in [6.07, 6.45) is 0.567. The van der Waals surface area contributed by atoms with E-state index in [4.69, 9.17) is 2.74 Å². The van der Waals surface area contributed by atoms with E-state index in [2.05, 4.69) is 0 Å². The smallest absolute Gasteiger partial charge is 0.150 e. The molecule has 0 aromatic heterocycles. The number of benzene rings is 1. The van der Waals surface area contributed by atoms with E-state index in [9.17, 15) is 4.79 Å². The molecule has 52 valence electrons. The molecular weight excluding hydrogens is 124 g/mol. The normalized spacial score (nSPS) is 12.2. The first-order valence-electron chi connectivity index (χ1n) is 4.10. The first-order chi connectivity index (χ1) is 5.57. The lowest BCUT2D eigenvalue weighted by molar-refractivity contribution is 0.112. The van der Waals surface area contributed by atoms with Gasteiger partial charge < -0.3 is 0 Å². The second-order valence-corrected chi connectivity index (χ2v) is 2.25. The van der Waals surface area contributed by atoms with Crippen molar-refractivity contribution < 1.29 is 7.54 Å². The quantitative estimate of drug-likeness (QED) is 0.540. The molecule has 0 spiro atoms. The van der Waals surface area contributed by atoms with Gasteiger partial charge in [0, 0.05) is 5.56 Å². The van der Waals surface area contributed by atoms with Gasteiger partial charge in [-0.2, -0.15) is 0 Å². The summed E-state index contributed by atoms with van der Waals surface area (Å²) in [6, 6.07) is 1.92. The zero-order valence-electron chi connectivity index (χ0n) is 8.06. The van der Waals surface area contributed by atoms with Crippen molar-refractivity contribution in [2.75, 3.05) is 0 Å². The summed E-state index contributed by atoms with van der Waals surface area (Å²) in [7, 11) is 0. The Morgan fingerprint density at radius 1 is 1.50 bits per heavy atom. The fourth-order valence-electron chi connectivity index (χ4n) is 0.694. The van der Waals surface area contributed by atoms with Crippen LogP contribution in [0.5, 0.6) is 0 Å². The van der Waals surface area contributed by atoms with Crippen LogP contribution in [0.4, 0.5) is 0 Å². The number of hydrogen-bond donors (Lipinski definition) is 0. The van der Waals surface area contributed by atoms with Gasteiger partial charge >= 0.3 is 0 Å². The number of aryl methyl sites for hydroxylation is 1. The van der Waals surface area contributed by atoms with Crippen LogP contribution in [0.15, 0.2) is 18.2 Å². The molecule has 0 aliphatic rings. The fraction of sp³-hybridized carbons (Fsp3) is 0.222. The molecule has 0 fully saturated rings. The SMILES string of the molecule is [2H]c1cc(C)c(C)c([2H])c1C=O. The number of carbonyl (C=O) groups is 1. The molecule has 0 unspecified atom stereocenters. The van der Waals surface area contributed by atoms with Crippen molar-refractivity contribution in [3.63, 3.8) is 0 Å². The average Bonchev–Trinajstić information content (AvgIpc) is 2.01. The van der Waals surface area contributed by atoms with Crippen LogP contribution in [-0.4, -0.2) is 6.29 Å². The van der Waals surface area contributed by atoms with E-state index < -0.39 is 0 Å². The number of carbonyl (C=O) groups excluding carboxylic acids is 1. The third kappa shape index (κ3) is 1.24. The second-order valence-electron chi connectivity index (χ2n) is 2.25. The van der Waals surface area contributed by atoms with Gasteiger partial charge in [0.25, 0.3) is 0 Å². The molecule has 0 N–H and O–H groups in total. The second kappa shape index (κ2) is 2.65. The van der Waals surface area contributed by atoms with Gasteiger partial charge in [-0.3, -0.25) is 4.79 Å². The van der Waals surface area contributed by atoms with Gasteiger partial charge in [-0.15, -0.1) is 0 Å². The highest BCUT2D eigenvalue weighted by Crippen LogP contribution is 2.07. The maximum atomic E-state index is 10.5. The molecule has 0 bridgehead atoms. The van der Waals surface area contributed by atoms with Gasteiger partial charge in [0.05, 0.1) is 2.74 Å². The molecular formula is C9H10O. The molecule has 0 aliphatic carbocycles. The zero-order valence-corrected chi connectivity index (χ0v) is 6.06. The Kier molecular flexibility index (Phi) is 1.24. The Bertz CT molecular complexity index is 332. The highest BCUT2D eigenvalue weighted by Gasteiger charge is 1.92. The Morgan fingerprint density at radius 3 is 2.80 bits per heavy atom. The molecule has 1 heteroatoms. The minimum Gasteiger partial charge on any atom is -0.298 e. The van der Waals surface area contributed by atoms with Crippen LogP contribution in [-0.2, 0) is 0 Å². The molecule has 10 heavy (non-hydrogen) atoms. The summed E-state index contributed by atoms with van der Waals surface area (Å²) in [5.74, 6) is 0. The van der Waals surface area contributed by atoms with Crippen molar-refractivity contribution in [2.45, 2.75) is 13.8 Å². The lowest BCUT2D eigenvalue weighted by atomic mass is 10.1. The predicted molar refractivity (Wildman–Crippen MR) is 41.3 cm³/mol. The number of rotatable bonds is 1. The van der Waals surface area contributed by atoms with Crippen molar-refractivity contribution in [1.29, 1.82) is 0 Å². The number of aldehydes is 1. The minimum absolute atomic E-state index is 0.137. The zero-order chi connectivity index (χ0) is 9.30. The molecule has 0 amide bonds. The molecule has 0 heterocycles. The Balaban J connectivity index is 3.51. The van der Waals surface area contributed by atoms with Crippen LogP contribution in [0.2, 0.25) is 0 Å². The molecule has 1 aromatic rings. The topological polar surface area (TPSA) is 17.1 Å². The molecule has 1 aromatic carbocycles. The first kappa shape index (κ1) is 4.67. The number of hydrogen-bond acceptors (Lipinski definition) is 1. The van der Waals surface area contributed by atoms with E-state index >= 15 is 0 Å². The van der Waals surface area contributed by atoms with Crippen LogP contribution in [0.1, 0.15) is 24.2 Å². The summed E-state index contributed by atoms with van der Waals surface area (Å²) in [5, 5.41) is 0. The summed E-state index contributed by atoms with van der Waals surface area (Å²) in [5.41, 5.74) is 1.84. The third-order valence-electron chi connectivity index (χ3n) is 1.48. The predicted octanol–water partition coefficient (Wildman–Crippen LogP) is 2.12. The highest BCUT2D eigenvalue weighted by atomic mass is 16.1. The van der Waals surface area contributed by atoms with Crippen molar-refractivity contribution in [3.8, 4) is 0 Å². The Hall–Kier alpha value is -1.11. The van der Waals surface area contributed by atoms with E-state index in [1.807, 2.05) is 6.92 Å². The van der Waals surface area contributed by atoms with Gasteiger partial charge in [-0.05, 0) is 31.0 Å². The molecule has 0 aliphatic heterocycles. The maximum absolute atomic E-state index is 10.5. The highest BCUT2D eigenvalue weighted by molar-refractivity contribution is 5.75. The molecule has 0 atom stereocenters. The Morgan fingerprint density at radius 2 is 2.20 bits per heavy atom. The third-order valence-corrected chi connectivity index (χ3v) is 1.48. The molecule has 0 saturated carbocycles. The molecule has 1 rings (SSSR count). The van der Waals surface area contributed by atoms with Crippen LogP contribution in [0, 0.1) is 13.8 Å². The lowest BCUT2D eigenvalue weighted by Gasteiger charge is -1.97. The maximum Gasteiger partial charge on any atom is 0.150 e. The van der Waals surface area contributed by atoms with Crippen LogP contribution in [0.25, 0.3) is 0 Å². The van der Waals surface area contributed by atoms with Crippen LogP contribution < -0.4 is 0 Å². The minimum atomic E-state index is 0.137. The summed E-state index contributed by atoms with van der Waals surface area (Å²) >= 11 is 0. The van der Waals surface area contributed by atoms with Gasteiger partial charge in [0.1, 0.15) is 6.29 Å². The van der Waals surface area contributed by atoms with E-state index in [1.54, 1.807) is 13.0 Å². The van der Waals surface area contributed by atoms with Gasteiger partial charge in [0.15, 0.2) is 0 Å². The van der Waals surface area contributed by atoms with E-state index in [0.717, 1.165) is 11.1 Å². The van der Waals surface area contributed by atoms with Crippen molar-refractivity contribution in [3.05, 3.63) is 34.8 Å². The van der Waals surface area contributed by atoms with Crippen molar-refractivity contribution in [1.82, 2.24) is 0 Å². The summed E-state index contributed by atoms with van der Waals surface area (Å²) < 4.78 is 14.9. The van der Waals surface area contributed by atoms with Crippen LogP contribution in [0.3, 0.4) is 0 Å². The van der Waals surface area contributed by atoms with Crippen LogP contribution >= 0.6 is 0 Å². The van der Waals surface area contributed by atoms with Gasteiger partial charge in [-0.25, -0.2) is 0 Å². The standard InChI is InChI=1S/C9H10O/c1-7-3-4-9(6-10)5-8(7)2/h3-6H,1-2H3/i4D,5D. The van der Waals surface area contributed by atoms with Gasteiger partial charge in [0.2, 0.25) is 0 Å². The molecule has 0 radical (unpaired) electrons. The van der Waals surface area contributed by atoms with E-state index in [0.29, 0.717) is 6.29 Å². The summed E-state index contributed by atoms with van der Waals surface area (Å²) in [6.45, 7) is 3.62.